The van der Waals surface area contributed by atoms with E-state index in [1.165, 1.54) is 0 Å². The molecular weight excluding hydrogens is 180 g/mol. The Labute approximate surface area is 73.8 Å². The van der Waals surface area contributed by atoms with Gasteiger partial charge in [-0.25, -0.2) is 0 Å². The quantitative estimate of drug-likeness (QED) is 0.536. The predicted octanol–water partition coefficient (Wildman–Crippen LogP) is 1.04. The van der Waals surface area contributed by atoms with Gasteiger partial charge in [0, 0.05) is 0 Å². The summed E-state index contributed by atoms with van der Waals surface area (Å²) in [6.07, 6.45) is 4.61. The summed E-state index contributed by atoms with van der Waals surface area (Å²) >= 11 is -2.33. The van der Waals surface area contributed by atoms with E-state index in [1.54, 1.807) is 0 Å². The van der Waals surface area contributed by atoms with Crippen LogP contribution in [0, 0.1) is 0 Å². The molecule has 1 saturated carbocycles. The van der Waals surface area contributed by atoms with Crippen LogP contribution in [0.1, 0.15) is 32.1 Å². The first-order valence-electron chi connectivity index (χ1n) is 3.95. The molecule has 0 spiro atoms. The second-order valence-corrected chi connectivity index (χ2v) is 3.64. The van der Waals surface area contributed by atoms with E-state index in [9.17, 15) is 9.00 Å². The highest BCUT2D eigenvalue weighted by Gasteiger charge is 2.34. The summed E-state index contributed by atoms with van der Waals surface area (Å²) in [7, 11) is 0. The number of rotatable bonds is 3. The molecule has 12 heavy (non-hydrogen) atoms. The second kappa shape index (κ2) is 4.11. The lowest BCUT2D eigenvalue weighted by atomic mass is 9.86. The maximum absolute atomic E-state index is 10.6. The fraction of sp³-hybridized carbons (Fsp3) is 0.857. The van der Waals surface area contributed by atoms with Crippen molar-refractivity contribution in [1.29, 1.82) is 0 Å². The molecule has 0 bridgehead atoms. The van der Waals surface area contributed by atoms with Gasteiger partial charge in [0.2, 0.25) is 0 Å². The van der Waals surface area contributed by atoms with Gasteiger partial charge in [0.05, 0.1) is 0 Å². The van der Waals surface area contributed by atoms with Crippen molar-refractivity contribution in [2.24, 2.45) is 0 Å². The van der Waals surface area contributed by atoms with E-state index >= 15 is 0 Å². The summed E-state index contributed by atoms with van der Waals surface area (Å²) in [5.41, 5.74) is -0.988. The van der Waals surface area contributed by atoms with E-state index in [-0.39, 0.29) is 0 Å². The molecule has 0 aliphatic heterocycles. The van der Waals surface area contributed by atoms with E-state index in [0.29, 0.717) is 19.1 Å². The summed E-state index contributed by atoms with van der Waals surface area (Å²) < 4.78 is 23.5. The van der Waals surface area contributed by atoms with Gasteiger partial charge in [-0.05, 0) is 12.8 Å². The molecule has 0 saturated heterocycles. The molecule has 1 N–H and O–H groups in total. The maximum Gasteiger partial charge on any atom is 0.302 e. The SMILES string of the molecule is O=CC1(OS(=O)O)CCCCC1. The molecule has 70 valence electrons. The van der Waals surface area contributed by atoms with Gasteiger partial charge in [-0.2, -0.15) is 4.21 Å². The molecule has 0 aromatic carbocycles. The number of carbonyl (C=O) groups excluding carboxylic acids is 1. The summed E-state index contributed by atoms with van der Waals surface area (Å²) in [6, 6.07) is 0. The standard InChI is InChI=1S/C7H12O4S/c8-6-7(11-12(9)10)4-2-1-3-5-7/h6H,1-5H2,(H,9,10). The van der Waals surface area contributed by atoms with Gasteiger partial charge in [-0.3, -0.25) is 8.74 Å². The third-order valence-electron chi connectivity index (χ3n) is 2.15. The Kier molecular flexibility index (Phi) is 3.37. The molecule has 1 aliphatic carbocycles. The van der Waals surface area contributed by atoms with Gasteiger partial charge in [-0.15, -0.1) is 0 Å². The molecule has 0 amide bonds. The van der Waals surface area contributed by atoms with Crippen LogP contribution in [0.25, 0.3) is 0 Å². The van der Waals surface area contributed by atoms with Crippen molar-refractivity contribution in [3.8, 4) is 0 Å². The fourth-order valence-corrected chi connectivity index (χ4v) is 2.00. The largest absolute Gasteiger partial charge is 0.302 e. The first-order chi connectivity index (χ1) is 5.68. The Bertz CT molecular complexity index is 186. The van der Waals surface area contributed by atoms with Crippen molar-refractivity contribution in [2.75, 3.05) is 0 Å². The monoisotopic (exact) mass is 192 g/mol. The highest BCUT2D eigenvalue weighted by Crippen LogP contribution is 2.30. The van der Waals surface area contributed by atoms with Crippen LogP contribution >= 0.6 is 0 Å². The van der Waals surface area contributed by atoms with E-state index in [4.69, 9.17) is 4.55 Å². The summed E-state index contributed by atoms with van der Waals surface area (Å²) in [6.45, 7) is 0. The van der Waals surface area contributed by atoms with E-state index in [1.807, 2.05) is 0 Å². The van der Waals surface area contributed by atoms with Crippen LogP contribution in [-0.4, -0.2) is 20.6 Å². The first kappa shape index (κ1) is 9.83. The van der Waals surface area contributed by atoms with Gasteiger partial charge in [0.25, 0.3) is 0 Å². The van der Waals surface area contributed by atoms with Crippen molar-refractivity contribution in [1.82, 2.24) is 0 Å². The van der Waals surface area contributed by atoms with Crippen LogP contribution in [0.15, 0.2) is 0 Å². The van der Waals surface area contributed by atoms with Crippen LogP contribution in [-0.2, 0) is 20.3 Å². The molecule has 1 aliphatic rings. The summed E-state index contributed by atoms with van der Waals surface area (Å²) in [4.78, 5) is 10.6. The minimum Gasteiger partial charge on any atom is -0.300 e. The van der Waals surface area contributed by atoms with E-state index < -0.39 is 17.0 Å². The van der Waals surface area contributed by atoms with Crippen LogP contribution in [0.4, 0.5) is 0 Å². The average molecular weight is 192 g/mol. The zero-order chi connectivity index (χ0) is 9.03. The van der Waals surface area contributed by atoms with Crippen LogP contribution in [0.5, 0.6) is 0 Å². The van der Waals surface area contributed by atoms with Crippen LogP contribution < -0.4 is 0 Å². The predicted molar refractivity (Wildman–Crippen MR) is 43.7 cm³/mol. The van der Waals surface area contributed by atoms with Gasteiger partial charge < -0.3 is 4.79 Å². The lowest BCUT2D eigenvalue weighted by molar-refractivity contribution is -0.123. The Morgan fingerprint density at radius 2 is 1.92 bits per heavy atom. The molecule has 1 rings (SSSR count). The zero-order valence-corrected chi connectivity index (χ0v) is 7.51. The van der Waals surface area contributed by atoms with Crippen LogP contribution in [0.2, 0.25) is 0 Å². The minimum atomic E-state index is -2.33. The second-order valence-electron chi connectivity index (χ2n) is 3.04. The molecule has 0 aromatic heterocycles. The van der Waals surface area contributed by atoms with Crippen molar-refractivity contribution in [2.45, 2.75) is 37.7 Å². The van der Waals surface area contributed by atoms with Gasteiger partial charge in [0.1, 0.15) is 5.60 Å². The Hall–Kier alpha value is -0.260. The van der Waals surface area contributed by atoms with Crippen LogP contribution in [0.3, 0.4) is 0 Å². The van der Waals surface area contributed by atoms with E-state index in [2.05, 4.69) is 4.18 Å². The van der Waals surface area contributed by atoms with Gasteiger partial charge in [0.15, 0.2) is 6.29 Å². The highest BCUT2D eigenvalue weighted by atomic mass is 32.2. The molecule has 1 fully saturated rings. The fourth-order valence-electron chi connectivity index (χ4n) is 1.51. The lowest BCUT2D eigenvalue weighted by Crippen LogP contribution is -2.37. The third kappa shape index (κ3) is 2.36. The molecule has 0 radical (unpaired) electrons. The molecular formula is C7H12O4S. The maximum atomic E-state index is 10.6. The molecule has 0 aromatic rings. The summed E-state index contributed by atoms with van der Waals surface area (Å²) in [5, 5.41) is 0. The number of carbonyl (C=O) groups is 1. The molecule has 1 unspecified atom stereocenters. The molecule has 5 heteroatoms. The zero-order valence-electron chi connectivity index (χ0n) is 6.69. The number of hydrogen-bond donors (Lipinski definition) is 1. The lowest BCUT2D eigenvalue weighted by Gasteiger charge is -2.29. The Morgan fingerprint density at radius 1 is 1.33 bits per heavy atom. The number of hydrogen-bond acceptors (Lipinski definition) is 3. The van der Waals surface area contributed by atoms with Crippen molar-refractivity contribution >= 4 is 17.6 Å². The summed E-state index contributed by atoms with van der Waals surface area (Å²) in [5.74, 6) is 0. The molecule has 1 atom stereocenters. The first-order valence-corrected chi connectivity index (χ1v) is 4.98. The third-order valence-corrected chi connectivity index (χ3v) is 2.63. The number of aldehydes is 1. The van der Waals surface area contributed by atoms with Crippen molar-refractivity contribution < 1.29 is 17.7 Å². The molecule has 0 heterocycles. The van der Waals surface area contributed by atoms with Gasteiger partial charge >= 0.3 is 11.4 Å². The Balaban J connectivity index is 2.59. The normalized spacial score (nSPS) is 24.8. The van der Waals surface area contributed by atoms with E-state index in [0.717, 1.165) is 19.3 Å². The van der Waals surface area contributed by atoms with Crippen molar-refractivity contribution in [3.05, 3.63) is 0 Å². The average Bonchev–Trinajstić information content (AvgIpc) is 2.05. The smallest absolute Gasteiger partial charge is 0.300 e. The highest BCUT2D eigenvalue weighted by molar-refractivity contribution is 7.74. The Morgan fingerprint density at radius 3 is 2.33 bits per heavy atom. The van der Waals surface area contributed by atoms with Crippen molar-refractivity contribution in [3.63, 3.8) is 0 Å². The van der Waals surface area contributed by atoms with Gasteiger partial charge in [-0.1, -0.05) is 19.3 Å². The topological polar surface area (TPSA) is 63.6 Å². The molecule has 4 nitrogen and oxygen atoms in total. The minimum absolute atomic E-state index is 0.558.